The van der Waals surface area contributed by atoms with Crippen LogP contribution in [0.25, 0.3) is 0 Å². The van der Waals surface area contributed by atoms with Crippen molar-refractivity contribution in [3.63, 3.8) is 0 Å². The van der Waals surface area contributed by atoms with E-state index in [4.69, 9.17) is 4.74 Å². The topological polar surface area (TPSA) is 64.4 Å². The standard InChI is InChI=1S/C13H17N3O3S2/c1-10-8-15(2)13(14-10)11-9-16(5-6-19-11)21(17,18)12-4-3-7-20-12/h3-4,7-8,11H,5-6,9H2,1-2H3. The Kier molecular flexibility index (Phi) is 3.87. The summed E-state index contributed by atoms with van der Waals surface area (Å²) in [6.45, 7) is 2.96. The Hall–Kier alpha value is -1.22. The molecule has 1 atom stereocenters. The van der Waals surface area contributed by atoms with Crippen molar-refractivity contribution in [1.29, 1.82) is 0 Å². The van der Waals surface area contributed by atoms with Crippen LogP contribution in [0.3, 0.4) is 0 Å². The number of thiophene rings is 1. The van der Waals surface area contributed by atoms with Crippen LogP contribution in [0.15, 0.2) is 27.9 Å². The first kappa shape index (κ1) is 14.7. The second-order valence-corrected chi connectivity index (χ2v) is 8.12. The van der Waals surface area contributed by atoms with Crippen molar-refractivity contribution in [2.75, 3.05) is 19.7 Å². The van der Waals surface area contributed by atoms with Gasteiger partial charge in [0.2, 0.25) is 0 Å². The second kappa shape index (κ2) is 5.53. The Bertz CT molecular complexity index is 722. The smallest absolute Gasteiger partial charge is 0.252 e. The van der Waals surface area contributed by atoms with E-state index in [1.165, 1.54) is 15.6 Å². The molecule has 114 valence electrons. The van der Waals surface area contributed by atoms with E-state index >= 15 is 0 Å². The second-order valence-electron chi connectivity index (χ2n) is 5.01. The molecule has 0 amide bonds. The third kappa shape index (κ3) is 2.76. The molecule has 3 heterocycles. The normalized spacial score (nSPS) is 20.8. The molecule has 2 aromatic rings. The van der Waals surface area contributed by atoms with Gasteiger partial charge in [-0.1, -0.05) is 6.07 Å². The molecule has 0 aromatic carbocycles. The Labute approximate surface area is 128 Å². The van der Waals surface area contributed by atoms with Crippen molar-refractivity contribution in [3.05, 3.63) is 35.2 Å². The summed E-state index contributed by atoms with van der Waals surface area (Å²) >= 11 is 1.24. The van der Waals surface area contributed by atoms with E-state index in [-0.39, 0.29) is 6.10 Å². The maximum atomic E-state index is 12.6. The van der Waals surface area contributed by atoms with Crippen molar-refractivity contribution in [3.8, 4) is 0 Å². The lowest BCUT2D eigenvalue weighted by Crippen LogP contribution is -2.42. The van der Waals surface area contributed by atoms with E-state index in [1.54, 1.807) is 17.5 Å². The number of morpholine rings is 1. The highest BCUT2D eigenvalue weighted by Gasteiger charge is 2.33. The van der Waals surface area contributed by atoms with Crippen LogP contribution in [0.1, 0.15) is 17.6 Å². The van der Waals surface area contributed by atoms with Gasteiger partial charge in [0, 0.05) is 26.3 Å². The molecule has 0 radical (unpaired) electrons. The molecule has 0 N–H and O–H groups in total. The lowest BCUT2D eigenvalue weighted by Gasteiger charge is -2.31. The third-order valence-electron chi connectivity index (χ3n) is 3.44. The minimum Gasteiger partial charge on any atom is -0.368 e. The summed E-state index contributed by atoms with van der Waals surface area (Å²) < 4.78 is 34.6. The van der Waals surface area contributed by atoms with Crippen molar-refractivity contribution < 1.29 is 13.2 Å². The summed E-state index contributed by atoms with van der Waals surface area (Å²) in [5, 5.41) is 1.77. The summed E-state index contributed by atoms with van der Waals surface area (Å²) in [5.41, 5.74) is 0.898. The van der Waals surface area contributed by atoms with Crippen molar-refractivity contribution in [1.82, 2.24) is 13.9 Å². The quantitative estimate of drug-likeness (QED) is 0.858. The molecule has 6 nitrogen and oxygen atoms in total. The summed E-state index contributed by atoms with van der Waals surface area (Å²) in [4.78, 5) is 4.43. The van der Waals surface area contributed by atoms with Gasteiger partial charge in [0.15, 0.2) is 0 Å². The predicted molar refractivity (Wildman–Crippen MR) is 79.7 cm³/mol. The highest BCUT2D eigenvalue weighted by molar-refractivity contribution is 7.91. The molecule has 0 aliphatic carbocycles. The maximum Gasteiger partial charge on any atom is 0.252 e. The van der Waals surface area contributed by atoms with Gasteiger partial charge in [-0.15, -0.1) is 11.3 Å². The molecular weight excluding hydrogens is 310 g/mol. The fourth-order valence-electron chi connectivity index (χ4n) is 2.47. The monoisotopic (exact) mass is 327 g/mol. The van der Waals surface area contributed by atoms with Crippen LogP contribution in [0.5, 0.6) is 0 Å². The number of aromatic nitrogens is 2. The van der Waals surface area contributed by atoms with Gasteiger partial charge in [-0.3, -0.25) is 0 Å². The maximum absolute atomic E-state index is 12.6. The number of rotatable bonds is 3. The average Bonchev–Trinajstić information content (AvgIpc) is 3.09. The summed E-state index contributed by atoms with van der Waals surface area (Å²) in [6, 6.07) is 3.38. The Morgan fingerprint density at radius 3 is 2.90 bits per heavy atom. The largest absolute Gasteiger partial charge is 0.368 e. The number of ether oxygens (including phenoxy) is 1. The number of sulfonamides is 1. The van der Waals surface area contributed by atoms with Crippen molar-refractivity contribution >= 4 is 21.4 Å². The molecule has 1 fully saturated rings. The predicted octanol–water partition coefficient (Wildman–Crippen LogP) is 1.55. The first-order valence-corrected chi connectivity index (χ1v) is 8.95. The van der Waals surface area contributed by atoms with E-state index in [2.05, 4.69) is 4.98 Å². The molecular formula is C13H17N3O3S2. The first-order valence-electron chi connectivity index (χ1n) is 6.63. The molecule has 3 rings (SSSR count). The number of nitrogens with zero attached hydrogens (tertiary/aromatic N) is 3. The minimum absolute atomic E-state index is 0.296. The van der Waals surface area contributed by atoms with Crippen LogP contribution < -0.4 is 0 Å². The zero-order valence-corrected chi connectivity index (χ0v) is 13.5. The van der Waals surface area contributed by atoms with Crippen LogP contribution in [0.4, 0.5) is 0 Å². The zero-order chi connectivity index (χ0) is 15.0. The minimum atomic E-state index is -3.43. The number of aryl methyl sites for hydroxylation is 2. The lowest BCUT2D eigenvalue weighted by molar-refractivity contribution is -0.00888. The van der Waals surface area contributed by atoms with Crippen molar-refractivity contribution in [2.45, 2.75) is 17.2 Å². The van der Waals surface area contributed by atoms with Gasteiger partial charge in [0.1, 0.15) is 16.1 Å². The van der Waals surface area contributed by atoms with E-state index in [9.17, 15) is 8.42 Å². The summed E-state index contributed by atoms with van der Waals surface area (Å²) in [6.07, 6.45) is 1.58. The van der Waals surface area contributed by atoms with Gasteiger partial charge in [-0.2, -0.15) is 4.31 Å². The first-order chi connectivity index (χ1) is 9.98. The van der Waals surface area contributed by atoms with Crippen LogP contribution >= 0.6 is 11.3 Å². The Morgan fingerprint density at radius 1 is 1.48 bits per heavy atom. The average molecular weight is 327 g/mol. The number of hydrogen-bond acceptors (Lipinski definition) is 5. The van der Waals surface area contributed by atoms with Crippen LogP contribution in [0, 0.1) is 6.92 Å². The van der Waals surface area contributed by atoms with E-state index in [0.29, 0.717) is 23.9 Å². The van der Waals surface area contributed by atoms with Gasteiger partial charge in [0.25, 0.3) is 10.0 Å². The van der Waals surface area contributed by atoms with Gasteiger partial charge in [0.05, 0.1) is 12.3 Å². The van der Waals surface area contributed by atoms with Crippen LogP contribution in [-0.2, 0) is 21.8 Å². The fraction of sp³-hybridized carbons (Fsp3) is 0.462. The zero-order valence-electron chi connectivity index (χ0n) is 11.9. The van der Waals surface area contributed by atoms with Gasteiger partial charge in [-0.05, 0) is 18.4 Å². The van der Waals surface area contributed by atoms with Gasteiger partial charge < -0.3 is 9.30 Å². The molecule has 1 saturated heterocycles. The Balaban J connectivity index is 1.85. The van der Waals surface area contributed by atoms with Crippen LogP contribution in [-0.4, -0.2) is 42.0 Å². The van der Waals surface area contributed by atoms with Gasteiger partial charge >= 0.3 is 0 Å². The van der Waals surface area contributed by atoms with E-state index in [0.717, 1.165) is 11.5 Å². The molecule has 0 bridgehead atoms. The van der Waals surface area contributed by atoms with Crippen molar-refractivity contribution in [2.24, 2.45) is 7.05 Å². The SMILES string of the molecule is Cc1cn(C)c(C2CN(S(=O)(=O)c3cccs3)CCO2)n1. The highest BCUT2D eigenvalue weighted by Crippen LogP contribution is 2.27. The van der Waals surface area contributed by atoms with Gasteiger partial charge in [-0.25, -0.2) is 13.4 Å². The molecule has 0 spiro atoms. The molecule has 8 heteroatoms. The van der Waals surface area contributed by atoms with E-state index < -0.39 is 10.0 Å². The Morgan fingerprint density at radius 2 is 2.29 bits per heavy atom. The molecule has 2 aromatic heterocycles. The molecule has 1 unspecified atom stereocenters. The van der Waals surface area contributed by atoms with Crippen LogP contribution in [0.2, 0.25) is 0 Å². The molecule has 1 aliphatic heterocycles. The molecule has 21 heavy (non-hydrogen) atoms. The number of imidazole rings is 1. The number of hydrogen-bond donors (Lipinski definition) is 0. The summed E-state index contributed by atoms with van der Waals surface area (Å²) in [7, 11) is -1.54. The highest BCUT2D eigenvalue weighted by atomic mass is 32.2. The molecule has 0 saturated carbocycles. The van der Waals surface area contributed by atoms with E-state index in [1.807, 2.05) is 24.7 Å². The lowest BCUT2D eigenvalue weighted by atomic mass is 10.3. The fourth-order valence-corrected chi connectivity index (χ4v) is 5.04. The summed E-state index contributed by atoms with van der Waals surface area (Å²) in [5.74, 6) is 0.763. The molecule has 1 aliphatic rings. The third-order valence-corrected chi connectivity index (χ3v) is 6.68.